The Balaban J connectivity index is 4.04. The van der Waals surface area contributed by atoms with Gasteiger partial charge in [-0.1, -0.05) is 13.8 Å². The van der Waals surface area contributed by atoms with Crippen molar-refractivity contribution in [3.63, 3.8) is 0 Å². The monoisotopic (exact) mass is 282 g/mol. The summed E-state index contributed by atoms with van der Waals surface area (Å²) in [7, 11) is -3.04. The second-order valence-corrected chi connectivity index (χ2v) is 7.20. The molecule has 0 aromatic heterocycles. The molecule has 0 fully saturated rings. The Morgan fingerprint density at radius 2 is 1.44 bits per heavy atom. The fourth-order valence-electron chi connectivity index (χ4n) is 0.995. The van der Waals surface area contributed by atoms with Crippen molar-refractivity contribution in [2.24, 2.45) is 0 Å². The highest BCUT2D eigenvalue weighted by Gasteiger charge is 2.24. The van der Waals surface area contributed by atoms with Crippen LogP contribution in [0, 0.1) is 0 Å². The Morgan fingerprint density at radius 1 is 0.944 bits per heavy atom. The molecule has 0 aliphatic carbocycles. The van der Waals surface area contributed by atoms with E-state index < -0.39 is 7.60 Å². The summed E-state index contributed by atoms with van der Waals surface area (Å²) in [5, 5.41) is 0. The van der Waals surface area contributed by atoms with E-state index in [4.69, 9.17) is 18.8 Å². The first-order valence-electron chi connectivity index (χ1n) is 6.51. The van der Waals surface area contributed by atoms with Crippen molar-refractivity contribution >= 4 is 7.60 Å². The van der Waals surface area contributed by atoms with Gasteiger partial charge in [0.15, 0.2) is 0 Å². The van der Waals surface area contributed by atoms with Crippen LogP contribution in [0.2, 0.25) is 0 Å². The fraction of sp³-hybridized carbons (Fsp3) is 1.00. The van der Waals surface area contributed by atoms with E-state index in [1.807, 2.05) is 34.6 Å². The minimum atomic E-state index is -3.04. The number of rotatable bonds is 10. The topological polar surface area (TPSA) is 54.0 Å². The van der Waals surface area contributed by atoms with Gasteiger partial charge >= 0.3 is 7.60 Å². The summed E-state index contributed by atoms with van der Waals surface area (Å²) in [6, 6.07) is 0. The van der Waals surface area contributed by atoms with Gasteiger partial charge in [0.05, 0.1) is 31.6 Å². The van der Waals surface area contributed by atoms with E-state index in [0.29, 0.717) is 13.2 Å². The molecule has 0 radical (unpaired) electrons. The van der Waals surface area contributed by atoms with Crippen molar-refractivity contribution < 1.29 is 23.4 Å². The lowest BCUT2D eigenvalue weighted by atomic mass is 10.2. The second-order valence-electron chi connectivity index (χ2n) is 5.02. The van der Waals surface area contributed by atoms with Crippen molar-refractivity contribution in [2.75, 3.05) is 26.0 Å². The van der Waals surface area contributed by atoms with Gasteiger partial charge in [-0.25, -0.2) is 9.78 Å². The Morgan fingerprint density at radius 3 is 1.83 bits per heavy atom. The average molecular weight is 282 g/mol. The van der Waals surface area contributed by atoms with Crippen molar-refractivity contribution in [2.45, 2.75) is 53.1 Å². The summed E-state index contributed by atoms with van der Waals surface area (Å²) in [6.07, 6.45) is 1.82. The first-order chi connectivity index (χ1) is 8.33. The van der Waals surface area contributed by atoms with Gasteiger partial charge < -0.3 is 9.05 Å². The molecule has 110 valence electrons. The maximum atomic E-state index is 12.3. The zero-order chi connectivity index (χ0) is 14.1. The third kappa shape index (κ3) is 10.0. The van der Waals surface area contributed by atoms with Crippen LogP contribution >= 0.6 is 7.60 Å². The average Bonchev–Trinajstić information content (AvgIpc) is 2.29. The maximum absolute atomic E-state index is 12.3. The summed E-state index contributed by atoms with van der Waals surface area (Å²) in [5.74, 6) is 0. The molecule has 18 heavy (non-hydrogen) atoms. The third-order valence-electron chi connectivity index (χ3n) is 1.74. The van der Waals surface area contributed by atoms with Crippen LogP contribution in [0.15, 0.2) is 0 Å². The molecule has 0 aromatic carbocycles. The van der Waals surface area contributed by atoms with Crippen LogP contribution in [0.3, 0.4) is 0 Å². The molecule has 0 heterocycles. The van der Waals surface area contributed by atoms with Gasteiger partial charge in [0.2, 0.25) is 0 Å². The summed E-state index contributed by atoms with van der Waals surface area (Å²) < 4.78 is 22.9. The molecule has 0 amide bonds. The van der Waals surface area contributed by atoms with Crippen LogP contribution in [-0.2, 0) is 23.4 Å². The minimum absolute atomic E-state index is 0.196. The largest absolute Gasteiger partial charge is 0.333 e. The Kier molecular flexibility index (Phi) is 9.09. The molecule has 0 saturated carbocycles. The van der Waals surface area contributed by atoms with Crippen LogP contribution in [0.1, 0.15) is 47.5 Å². The van der Waals surface area contributed by atoms with Gasteiger partial charge in [0.25, 0.3) is 0 Å². The molecule has 0 rings (SSSR count). The van der Waals surface area contributed by atoms with Gasteiger partial charge in [-0.05, 0) is 33.6 Å². The second kappa shape index (κ2) is 9.05. The molecule has 0 aliphatic heterocycles. The van der Waals surface area contributed by atoms with Crippen molar-refractivity contribution in [1.29, 1.82) is 0 Å². The van der Waals surface area contributed by atoms with Gasteiger partial charge in [-0.3, -0.25) is 4.57 Å². The fourth-order valence-corrected chi connectivity index (χ4v) is 2.55. The van der Waals surface area contributed by atoms with E-state index in [9.17, 15) is 4.57 Å². The zero-order valence-electron chi connectivity index (χ0n) is 12.2. The van der Waals surface area contributed by atoms with Crippen LogP contribution in [0.4, 0.5) is 0 Å². The quantitative estimate of drug-likeness (QED) is 0.264. The van der Waals surface area contributed by atoms with Crippen molar-refractivity contribution in [3.8, 4) is 0 Å². The minimum Gasteiger partial charge on any atom is -0.309 e. The summed E-state index contributed by atoms with van der Waals surface area (Å²) in [4.78, 5) is 10.1. The summed E-state index contributed by atoms with van der Waals surface area (Å²) in [6.45, 7) is 10.6. The molecular formula is C12H27O5P. The lowest BCUT2D eigenvalue weighted by Gasteiger charge is -2.20. The molecular weight excluding hydrogens is 255 g/mol. The molecule has 0 bridgehead atoms. The molecule has 0 saturated heterocycles. The van der Waals surface area contributed by atoms with E-state index in [1.54, 1.807) is 0 Å². The predicted molar refractivity (Wildman–Crippen MR) is 71.7 cm³/mol. The Bertz CT molecular complexity index is 237. The highest BCUT2D eigenvalue weighted by Crippen LogP contribution is 2.48. The van der Waals surface area contributed by atoms with Crippen LogP contribution in [0.25, 0.3) is 0 Å². The standard InChI is InChI=1S/C12H27O5P/c1-6-8-15-18(13,16-9-7-2)11-10-14-17-12(3,4)5/h6-11H2,1-5H3. The molecule has 0 spiro atoms. The Labute approximate surface area is 111 Å². The lowest BCUT2D eigenvalue weighted by molar-refractivity contribution is -0.345. The van der Waals surface area contributed by atoms with Gasteiger partial charge in [0.1, 0.15) is 0 Å². The van der Waals surface area contributed by atoms with Crippen LogP contribution in [-0.4, -0.2) is 31.6 Å². The predicted octanol–water partition coefficient (Wildman–Crippen LogP) is 3.78. The SMILES string of the molecule is CCCOP(=O)(CCOOC(C)(C)C)OCCC. The van der Waals surface area contributed by atoms with Crippen molar-refractivity contribution in [1.82, 2.24) is 0 Å². The van der Waals surface area contributed by atoms with Crippen LogP contribution in [0.5, 0.6) is 0 Å². The molecule has 0 aromatic rings. The van der Waals surface area contributed by atoms with Gasteiger partial charge in [-0.2, -0.15) is 0 Å². The first kappa shape index (κ1) is 18.1. The smallest absolute Gasteiger partial charge is 0.309 e. The molecule has 0 atom stereocenters. The number of hydrogen-bond donors (Lipinski definition) is 0. The van der Waals surface area contributed by atoms with E-state index >= 15 is 0 Å². The van der Waals surface area contributed by atoms with Crippen molar-refractivity contribution in [3.05, 3.63) is 0 Å². The molecule has 0 unspecified atom stereocenters. The molecule has 5 nitrogen and oxygen atoms in total. The zero-order valence-corrected chi connectivity index (χ0v) is 13.1. The van der Waals surface area contributed by atoms with E-state index in [2.05, 4.69) is 0 Å². The summed E-state index contributed by atoms with van der Waals surface area (Å²) >= 11 is 0. The third-order valence-corrected chi connectivity index (χ3v) is 3.62. The highest BCUT2D eigenvalue weighted by atomic mass is 31.2. The van der Waals surface area contributed by atoms with Crippen LogP contribution < -0.4 is 0 Å². The number of hydrogen-bond acceptors (Lipinski definition) is 5. The van der Waals surface area contributed by atoms with Gasteiger partial charge in [-0.15, -0.1) is 0 Å². The normalized spacial score (nSPS) is 12.9. The van der Waals surface area contributed by atoms with E-state index in [0.717, 1.165) is 12.8 Å². The molecule has 0 N–H and O–H groups in total. The molecule has 0 aliphatic rings. The molecule has 6 heteroatoms. The highest BCUT2D eigenvalue weighted by molar-refractivity contribution is 7.53. The summed E-state index contributed by atoms with van der Waals surface area (Å²) in [5.41, 5.74) is -0.376. The Hall–Kier alpha value is 0.0700. The lowest BCUT2D eigenvalue weighted by Crippen LogP contribution is -2.20. The first-order valence-corrected chi connectivity index (χ1v) is 8.24. The van der Waals surface area contributed by atoms with E-state index in [-0.39, 0.29) is 18.4 Å². The van der Waals surface area contributed by atoms with E-state index in [1.165, 1.54) is 0 Å². The maximum Gasteiger partial charge on any atom is 0.333 e. The van der Waals surface area contributed by atoms with Gasteiger partial charge in [0, 0.05) is 0 Å².